The monoisotopic (exact) mass is 358 g/mol. The van der Waals surface area contributed by atoms with E-state index in [1.54, 1.807) is 29.4 Å². The fourth-order valence-corrected chi connectivity index (χ4v) is 3.25. The van der Waals surface area contributed by atoms with Crippen molar-refractivity contribution in [3.63, 3.8) is 0 Å². The Morgan fingerprint density at radius 3 is 2.77 bits per heavy atom. The van der Waals surface area contributed by atoms with E-state index in [-0.39, 0.29) is 18.3 Å². The summed E-state index contributed by atoms with van der Waals surface area (Å²) in [6.45, 7) is 1.01. The molecule has 0 bridgehead atoms. The Balaban J connectivity index is 1.62. The first-order valence-corrected chi connectivity index (χ1v) is 8.76. The van der Waals surface area contributed by atoms with Gasteiger partial charge in [-0.15, -0.1) is 0 Å². The van der Waals surface area contributed by atoms with Crippen LogP contribution in [0.15, 0.2) is 48.8 Å². The number of benzene rings is 1. The minimum Gasteiger partial charge on any atom is -0.393 e. The first-order chi connectivity index (χ1) is 12.6. The van der Waals surface area contributed by atoms with Crippen LogP contribution in [0.25, 0.3) is 0 Å². The second kappa shape index (κ2) is 8.38. The predicted octanol–water partition coefficient (Wildman–Crippen LogP) is 1.99. The maximum absolute atomic E-state index is 13.1. The molecule has 1 atom stereocenters. The van der Waals surface area contributed by atoms with Gasteiger partial charge in [0.1, 0.15) is 11.4 Å². The molecule has 5 nitrogen and oxygen atoms in total. The fourth-order valence-electron chi connectivity index (χ4n) is 3.25. The third-order valence-electron chi connectivity index (χ3n) is 4.68. The molecular weight excluding hydrogens is 335 g/mol. The first kappa shape index (κ1) is 18.5. The molecule has 6 heteroatoms. The molecule has 1 aliphatic heterocycles. The Hall–Kier alpha value is -2.31. The van der Waals surface area contributed by atoms with Crippen LogP contribution in [0, 0.1) is 5.82 Å². The van der Waals surface area contributed by atoms with Crippen LogP contribution in [-0.4, -0.2) is 52.8 Å². The third-order valence-corrected chi connectivity index (χ3v) is 4.68. The van der Waals surface area contributed by atoms with Gasteiger partial charge >= 0.3 is 0 Å². The van der Waals surface area contributed by atoms with Gasteiger partial charge in [-0.25, -0.2) is 4.39 Å². The van der Waals surface area contributed by atoms with Crippen LogP contribution in [-0.2, 0) is 22.4 Å². The molecule has 0 radical (unpaired) electrons. The molecule has 0 saturated carbocycles. The number of morpholine rings is 1. The van der Waals surface area contributed by atoms with Crippen LogP contribution >= 0.6 is 0 Å². The number of aliphatic hydroxyl groups excluding tert-OH is 1. The van der Waals surface area contributed by atoms with E-state index in [9.17, 15) is 14.3 Å². The number of halogens is 1. The summed E-state index contributed by atoms with van der Waals surface area (Å²) in [6.07, 6.45) is 4.92. The number of amides is 1. The number of carbonyl (C=O) groups is 1. The highest BCUT2D eigenvalue weighted by Gasteiger charge is 2.38. The van der Waals surface area contributed by atoms with Gasteiger partial charge in [0.2, 0.25) is 5.91 Å². The van der Waals surface area contributed by atoms with Crippen LogP contribution in [0.3, 0.4) is 0 Å². The van der Waals surface area contributed by atoms with Crippen molar-refractivity contribution in [2.45, 2.75) is 24.9 Å². The number of hydrogen-bond acceptors (Lipinski definition) is 4. The molecule has 2 heterocycles. The Morgan fingerprint density at radius 2 is 2.08 bits per heavy atom. The van der Waals surface area contributed by atoms with Crippen molar-refractivity contribution >= 4 is 5.91 Å². The molecule has 2 aromatic rings. The second-order valence-corrected chi connectivity index (χ2v) is 6.67. The highest BCUT2D eigenvalue weighted by atomic mass is 19.1. The molecule has 1 fully saturated rings. The molecule has 1 aromatic heterocycles. The molecule has 0 spiro atoms. The van der Waals surface area contributed by atoms with Gasteiger partial charge in [0.15, 0.2) is 0 Å². The summed E-state index contributed by atoms with van der Waals surface area (Å²) in [5.74, 6) is -0.266. The van der Waals surface area contributed by atoms with Gasteiger partial charge in [-0.3, -0.25) is 9.78 Å². The van der Waals surface area contributed by atoms with Crippen molar-refractivity contribution in [1.82, 2.24) is 9.88 Å². The van der Waals surface area contributed by atoms with Gasteiger partial charge in [0.25, 0.3) is 0 Å². The lowest BCUT2D eigenvalue weighted by Gasteiger charge is -2.42. The Bertz CT molecular complexity index is 724. The summed E-state index contributed by atoms with van der Waals surface area (Å²) >= 11 is 0. The van der Waals surface area contributed by atoms with Gasteiger partial charge in [-0.05, 0) is 35.7 Å². The average Bonchev–Trinajstić information content (AvgIpc) is 2.69. The van der Waals surface area contributed by atoms with E-state index in [1.807, 2.05) is 12.1 Å². The van der Waals surface area contributed by atoms with E-state index in [1.165, 1.54) is 12.1 Å². The Kier molecular flexibility index (Phi) is 5.96. The molecule has 1 aromatic carbocycles. The number of carbonyl (C=O) groups excluding carboxylic acids is 1. The average molecular weight is 358 g/mol. The van der Waals surface area contributed by atoms with E-state index in [2.05, 4.69) is 4.98 Å². The normalized spacial score (nSPS) is 20.2. The molecule has 0 unspecified atom stereocenters. The number of aliphatic hydroxyl groups is 1. The molecule has 1 N–H and O–H groups in total. The minimum atomic E-state index is -0.847. The molecule has 1 aliphatic rings. The van der Waals surface area contributed by atoms with Crippen molar-refractivity contribution in [3.8, 4) is 0 Å². The lowest BCUT2D eigenvalue weighted by atomic mass is 9.93. The van der Waals surface area contributed by atoms with E-state index >= 15 is 0 Å². The highest BCUT2D eigenvalue weighted by Crippen LogP contribution is 2.24. The molecule has 26 heavy (non-hydrogen) atoms. The summed E-state index contributed by atoms with van der Waals surface area (Å²) < 4.78 is 18.9. The van der Waals surface area contributed by atoms with Crippen molar-refractivity contribution in [2.24, 2.45) is 0 Å². The SMILES string of the molecule is O=C(CCc1cccnc1)N1CCO[C@@](CO)(Cc2ccc(F)cc2)C1. The quantitative estimate of drug-likeness (QED) is 0.858. The van der Waals surface area contributed by atoms with Crippen molar-refractivity contribution in [2.75, 3.05) is 26.3 Å². The number of hydrogen-bond donors (Lipinski definition) is 1. The Morgan fingerprint density at radius 1 is 1.27 bits per heavy atom. The predicted molar refractivity (Wildman–Crippen MR) is 95.0 cm³/mol. The van der Waals surface area contributed by atoms with Crippen LogP contribution in [0.2, 0.25) is 0 Å². The van der Waals surface area contributed by atoms with Gasteiger partial charge in [0.05, 0.1) is 19.8 Å². The molecular formula is C20H23FN2O3. The van der Waals surface area contributed by atoms with Gasteiger partial charge in [0, 0.05) is 31.8 Å². The van der Waals surface area contributed by atoms with Gasteiger partial charge < -0.3 is 14.7 Å². The van der Waals surface area contributed by atoms with Crippen LogP contribution < -0.4 is 0 Å². The summed E-state index contributed by atoms with van der Waals surface area (Å²) in [7, 11) is 0. The van der Waals surface area contributed by atoms with Gasteiger partial charge in [-0.2, -0.15) is 0 Å². The van der Waals surface area contributed by atoms with Crippen LogP contribution in [0.4, 0.5) is 4.39 Å². The number of rotatable bonds is 6. The summed E-state index contributed by atoms with van der Waals surface area (Å²) in [4.78, 5) is 18.4. The lowest BCUT2D eigenvalue weighted by molar-refractivity contribution is -0.157. The van der Waals surface area contributed by atoms with Crippen LogP contribution in [0.5, 0.6) is 0 Å². The molecule has 1 amide bonds. The smallest absolute Gasteiger partial charge is 0.223 e. The van der Waals surface area contributed by atoms with Crippen molar-refractivity contribution in [1.29, 1.82) is 0 Å². The maximum Gasteiger partial charge on any atom is 0.223 e. The van der Waals surface area contributed by atoms with E-state index in [0.29, 0.717) is 39.0 Å². The largest absolute Gasteiger partial charge is 0.393 e. The first-order valence-electron chi connectivity index (χ1n) is 8.76. The minimum absolute atomic E-state index is 0.0362. The number of pyridine rings is 1. The number of ether oxygens (including phenoxy) is 1. The Labute approximate surface area is 152 Å². The van der Waals surface area contributed by atoms with E-state index in [0.717, 1.165) is 11.1 Å². The highest BCUT2D eigenvalue weighted by molar-refractivity contribution is 5.76. The molecule has 138 valence electrons. The number of nitrogens with zero attached hydrogens (tertiary/aromatic N) is 2. The van der Waals surface area contributed by atoms with E-state index in [4.69, 9.17) is 4.74 Å². The third kappa shape index (κ3) is 4.65. The van der Waals surface area contributed by atoms with Crippen molar-refractivity contribution in [3.05, 3.63) is 65.7 Å². The zero-order valence-electron chi connectivity index (χ0n) is 14.6. The fraction of sp³-hybridized carbons (Fsp3) is 0.400. The molecule has 1 saturated heterocycles. The zero-order valence-corrected chi connectivity index (χ0v) is 14.6. The lowest BCUT2D eigenvalue weighted by Crippen LogP contribution is -2.56. The van der Waals surface area contributed by atoms with Gasteiger partial charge in [-0.1, -0.05) is 18.2 Å². The molecule has 3 rings (SSSR count). The van der Waals surface area contributed by atoms with Crippen molar-refractivity contribution < 1.29 is 19.0 Å². The number of aromatic nitrogens is 1. The summed E-state index contributed by atoms with van der Waals surface area (Å²) in [5, 5.41) is 9.92. The topological polar surface area (TPSA) is 62.7 Å². The van der Waals surface area contributed by atoms with E-state index < -0.39 is 5.60 Å². The second-order valence-electron chi connectivity index (χ2n) is 6.67. The maximum atomic E-state index is 13.1. The summed E-state index contributed by atoms with van der Waals surface area (Å²) in [5.41, 5.74) is 1.04. The zero-order chi connectivity index (χ0) is 18.4. The standard InChI is InChI=1S/C20H23FN2O3/c21-18-6-3-16(4-7-18)12-20(15-24)14-23(10-11-26-20)19(25)8-5-17-2-1-9-22-13-17/h1-4,6-7,9,13,24H,5,8,10-12,14-15H2/t20-/m0/s1. The number of aryl methyl sites for hydroxylation is 1. The van der Waals surface area contributed by atoms with Crippen LogP contribution in [0.1, 0.15) is 17.5 Å². The molecule has 0 aliphatic carbocycles. The summed E-state index contributed by atoms with van der Waals surface area (Å²) in [6, 6.07) is 9.94.